The Balaban J connectivity index is 2.45. The van der Waals surface area contributed by atoms with Crippen molar-refractivity contribution in [2.45, 2.75) is 66.3 Å². The molecule has 116 valence electrons. The van der Waals surface area contributed by atoms with Crippen LogP contribution >= 0.6 is 0 Å². The second-order valence-electron chi connectivity index (χ2n) is 6.18. The molecule has 20 heavy (non-hydrogen) atoms. The molecule has 0 saturated carbocycles. The predicted molar refractivity (Wildman–Crippen MR) is 80.8 cm³/mol. The average molecular weight is 283 g/mol. The number of aryl methyl sites for hydroxylation is 1. The van der Waals surface area contributed by atoms with E-state index >= 15 is 0 Å². The molecule has 1 N–H and O–H groups in total. The van der Waals surface area contributed by atoms with E-state index in [1.165, 1.54) is 0 Å². The summed E-state index contributed by atoms with van der Waals surface area (Å²) in [5.74, 6) is 1.88. The first-order chi connectivity index (χ1) is 9.31. The van der Waals surface area contributed by atoms with Crippen LogP contribution in [0.5, 0.6) is 0 Å². The molecule has 1 aromatic heterocycles. The maximum atomic E-state index is 5.76. The van der Waals surface area contributed by atoms with Gasteiger partial charge in [-0.1, -0.05) is 0 Å². The van der Waals surface area contributed by atoms with Gasteiger partial charge in [-0.15, -0.1) is 0 Å². The quantitative estimate of drug-likeness (QED) is 0.794. The first kappa shape index (κ1) is 17.2. The summed E-state index contributed by atoms with van der Waals surface area (Å²) in [5.41, 5.74) is 1.20. The Kier molecular flexibility index (Phi) is 6.72. The van der Waals surface area contributed by atoms with E-state index in [1.54, 1.807) is 0 Å². The van der Waals surface area contributed by atoms with Gasteiger partial charge in [0.15, 0.2) is 0 Å². The van der Waals surface area contributed by atoms with Crippen LogP contribution < -0.4 is 5.32 Å². The van der Waals surface area contributed by atoms with Gasteiger partial charge in [-0.3, -0.25) is 0 Å². The number of hydrogen-bond acceptors (Lipinski definition) is 4. The normalized spacial score (nSPS) is 13.7. The molecule has 0 aliphatic heterocycles. The molecule has 4 nitrogen and oxygen atoms in total. The summed E-state index contributed by atoms with van der Waals surface area (Å²) in [5, 5.41) is 3.42. The molecule has 4 heteroatoms. The second-order valence-corrected chi connectivity index (χ2v) is 6.18. The van der Waals surface area contributed by atoms with Crippen LogP contribution in [0.15, 0.2) is 10.5 Å². The minimum atomic E-state index is 0.0867. The van der Waals surface area contributed by atoms with Gasteiger partial charge in [0.2, 0.25) is 0 Å². The lowest BCUT2D eigenvalue weighted by molar-refractivity contribution is -0.0120. The number of ether oxygens (including phenoxy) is 2. The highest BCUT2D eigenvalue weighted by atomic mass is 16.5. The highest BCUT2D eigenvalue weighted by molar-refractivity contribution is 5.20. The Hall–Kier alpha value is -0.840. The van der Waals surface area contributed by atoms with E-state index in [4.69, 9.17) is 13.9 Å². The zero-order valence-electron chi connectivity index (χ0n) is 13.7. The molecule has 1 aromatic rings. The standard InChI is InChI=1S/C16H29NO3/c1-7-18-10-12(2)19-11-14-8-15(20-13(14)3)9-17-16(4,5)6/h8,12,17H,7,9-11H2,1-6H3. The van der Waals surface area contributed by atoms with Gasteiger partial charge in [0.25, 0.3) is 0 Å². The summed E-state index contributed by atoms with van der Waals surface area (Å²) < 4.78 is 16.9. The van der Waals surface area contributed by atoms with Gasteiger partial charge < -0.3 is 19.2 Å². The van der Waals surface area contributed by atoms with Crippen molar-refractivity contribution in [1.82, 2.24) is 5.32 Å². The monoisotopic (exact) mass is 283 g/mol. The summed E-state index contributed by atoms with van der Waals surface area (Å²) in [6.07, 6.45) is 0.0976. The van der Waals surface area contributed by atoms with Crippen LogP contribution in [-0.4, -0.2) is 24.9 Å². The summed E-state index contributed by atoms with van der Waals surface area (Å²) in [6.45, 7) is 15.1. The van der Waals surface area contributed by atoms with Crippen LogP contribution in [0.1, 0.15) is 51.7 Å². The molecule has 0 aliphatic rings. The van der Waals surface area contributed by atoms with Crippen molar-refractivity contribution in [3.8, 4) is 0 Å². The van der Waals surface area contributed by atoms with Gasteiger partial charge in [-0.2, -0.15) is 0 Å². The van der Waals surface area contributed by atoms with Gasteiger partial charge in [0, 0.05) is 17.7 Å². The molecular formula is C16H29NO3. The van der Waals surface area contributed by atoms with Crippen LogP contribution in [0.25, 0.3) is 0 Å². The molecule has 0 aliphatic carbocycles. The number of hydrogen-bond donors (Lipinski definition) is 1. The maximum Gasteiger partial charge on any atom is 0.118 e. The lowest BCUT2D eigenvalue weighted by atomic mass is 10.1. The first-order valence-electron chi connectivity index (χ1n) is 7.34. The Morgan fingerprint density at radius 3 is 2.65 bits per heavy atom. The van der Waals surface area contributed by atoms with E-state index in [2.05, 4.69) is 32.2 Å². The minimum Gasteiger partial charge on any atom is -0.465 e. The van der Waals surface area contributed by atoms with Crippen molar-refractivity contribution in [3.63, 3.8) is 0 Å². The first-order valence-corrected chi connectivity index (χ1v) is 7.34. The fraction of sp³-hybridized carbons (Fsp3) is 0.750. The average Bonchev–Trinajstić information content (AvgIpc) is 2.71. The van der Waals surface area contributed by atoms with E-state index in [1.807, 2.05) is 20.8 Å². The molecule has 1 rings (SSSR count). The van der Waals surface area contributed by atoms with Crippen LogP contribution in [0, 0.1) is 6.92 Å². The summed E-state index contributed by atoms with van der Waals surface area (Å²) in [4.78, 5) is 0. The third-order valence-electron chi connectivity index (χ3n) is 2.94. The van der Waals surface area contributed by atoms with E-state index in [-0.39, 0.29) is 11.6 Å². The molecule has 0 aromatic carbocycles. The van der Waals surface area contributed by atoms with Crippen molar-refractivity contribution in [3.05, 3.63) is 23.2 Å². The molecule has 0 saturated heterocycles. The molecule has 1 unspecified atom stereocenters. The molecule has 0 radical (unpaired) electrons. The van der Waals surface area contributed by atoms with E-state index in [0.717, 1.165) is 30.2 Å². The predicted octanol–water partition coefficient (Wildman–Crippen LogP) is 3.42. The largest absolute Gasteiger partial charge is 0.465 e. The van der Waals surface area contributed by atoms with Crippen LogP contribution in [-0.2, 0) is 22.6 Å². The third-order valence-corrected chi connectivity index (χ3v) is 2.94. The molecule has 1 heterocycles. The van der Waals surface area contributed by atoms with Gasteiger partial charge in [-0.25, -0.2) is 0 Å². The van der Waals surface area contributed by atoms with Crippen LogP contribution in [0.3, 0.4) is 0 Å². The lowest BCUT2D eigenvalue weighted by Gasteiger charge is -2.19. The summed E-state index contributed by atoms with van der Waals surface area (Å²) in [7, 11) is 0. The smallest absolute Gasteiger partial charge is 0.118 e. The van der Waals surface area contributed by atoms with Crippen molar-refractivity contribution >= 4 is 0 Å². The Bertz CT molecular complexity index is 393. The van der Waals surface area contributed by atoms with Gasteiger partial charge >= 0.3 is 0 Å². The van der Waals surface area contributed by atoms with E-state index in [0.29, 0.717) is 13.2 Å². The van der Waals surface area contributed by atoms with Crippen LogP contribution in [0.4, 0.5) is 0 Å². The maximum absolute atomic E-state index is 5.76. The van der Waals surface area contributed by atoms with E-state index in [9.17, 15) is 0 Å². The number of furan rings is 1. The third kappa shape index (κ3) is 6.55. The van der Waals surface area contributed by atoms with Crippen molar-refractivity contribution in [1.29, 1.82) is 0 Å². The minimum absolute atomic E-state index is 0.0867. The molecule has 0 fully saturated rings. The summed E-state index contributed by atoms with van der Waals surface area (Å²) >= 11 is 0. The van der Waals surface area contributed by atoms with Crippen LogP contribution in [0.2, 0.25) is 0 Å². The highest BCUT2D eigenvalue weighted by Crippen LogP contribution is 2.17. The van der Waals surface area contributed by atoms with Gasteiger partial charge in [0.05, 0.1) is 25.9 Å². The second kappa shape index (κ2) is 7.81. The molecule has 0 spiro atoms. The zero-order valence-corrected chi connectivity index (χ0v) is 13.7. The molecule has 1 atom stereocenters. The van der Waals surface area contributed by atoms with Crippen molar-refractivity contribution < 1.29 is 13.9 Å². The fourth-order valence-corrected chi connectivity index (χ4v) is 1.73. The highest BCUT2D eigenvalue weighted by Gasteiger charge is 2.13. The van der Waals surface area contributed by atoms with Crippen molar-refractivity contribution in [2.75, 3.05) is 13.2 Å². The zero-order chi connectivity index (χ0) is 15.2. The van der Waals surface area contributed by atoms with E-state index < -0.39 is 0 Å². The molecular weight excluding hydrogens is 254 g/mol. The Morgan fingerprint density at radius 2 is 2.05 bits per heavy atom. The fourth-order valence-electron chi connectivity index (χ4n) is 1.73. The molecule has 0 bridgehead atoms. The van der Waals surface area contributed by atoms with Gasteiger partial charge in [-0.05, 0) is 47.6 Å². The topological polar surface area (TPSA) is 43.6 Å². The van der Waals surface area contributed by atoms with Crippen molar-refractivity contribution in [2.24, 2.45) is 0 Å². The number of nitrogens with one attached hydrogen (secondary N) is 1. The SMILES string of the molecule is CCOCC(C)OCc1cc(CNC(C)(C)C)oc1C. The lowest BCUT2D eigenvalue weighted by Crippen LogP contribution is -2.34. The van der Waals surface area contributed by atoms with Gasteiger partial charge in [0.1, 0.15) is 11.5 Å². The number of rotatable bonds is 8. The Morgan fingerprint density at radius 1 is 1.35 bits per heavy atom. The summed E-state index contributed by atoms with van der Waals surface area (Å²) in [6, 6.07) is 2.07. The molecule has 0 amide bonds. The Labute approximate surface area is 122 Å².